The van der Waals surface area contributed by atoms with Crippen LogP contribution in [0.25, 0.3) is 0 Å². The van der Waals surface area contributed by atoms with E-state index in [9.17, 15) is 0 Å². The van der Waals surface area contributed by atoms with Gasteiger partial charge in [-0.15, -0.1) is 0 Å². The molecule has 1 saturated carbocycles. The zero-order valence-electron chi connectivity index (χ0n) is 18.2. The van der Waals surface area contributed by atoms with E-state index in [2.05, 4.69) is 47.6 Å². The fourth-order valence-electron chi connectivity index (χ4n) is 5.66. The Balaban J connectivity index is 1.74. The van der Waals surface area contributed by atoms with Crippen molar-refractivity contribution in [2.24, 2.45) is 41.4 Å². The highest BCUT2D eigenvalue weighted by atomic mass is 14.4. The maximum Gasteiger partial charge on any atom is -0.0175 e. The molecule has 146 valence electrons. The Morgan fingerprint density at radius 3 is 2.24 bits per heavy atom. The van der Waals surface area contributed by atoms with E-state index in [1.807, 2.05) is 5.57 Å². The number of hydrogen-bond donors (Lipinski definition) is 0. The minimum absolute atomic E-state index is 0.849. The van der Waals surface area contributed by atoms with E-state index < -0.39 is 0 Å². The van der Waals surface area contributed by atoms with E-state index in [0.717, 1.165) is 41.4 Å². The van der Waals surface area contributed by atoms with Crippen LogP contribution in [-0.4, -0.2) is 0 Å². The highest BCUT2D eigenvalue weighted by Crippen LogP contribution is 2.47. The summed E-state index contributed by atoms with van der Waals surface area (Å²) in [7, 11) is 0. The van der Waals surface area contributed by atoms with Crippen LogP contribution in [0.4, 0.5) is 0 Å². The summed E-state index contributed by atoms with van der Waals surface area (Å²) >= 11 is 0. The monoisotopic (exact) mass is 346 g/mol. The molecule has 0 aliphatic heterocycles. The second-order valence-electron chi connectivity index (χ2n) is 10.2. The minimum atomic E-state index is 0.849. The van der Waals surface area contributed by atoms with Gasteiger partial charge in [-0.1, -0.05) is 66.0 Å². The topological polar surface area (TPSA) is 0 Å². The Hall–Kier alpha value is -0.260. The highest BCUT2D eigenvalue weighted by molar-refractivity contribution is 5.15. The third-order valence-corrected chi connectivity index (χ3v) is 7.70. The normalized spacial score (nSPS) is 28.4. The maximum atomic E-state index is 2.58. The van der Waals surface area contributed by atoms with Crippen molar-refractivity contribution >= 4 is 0 Å². The van der Waals surface area contributed by atoms with Gasteiger partial charge >= 0.3 is 0 Å². The minimum Gasteiger partial charge on any atom is -0.0850 e. The van der Waals surface area contributed by atoms with Crippen LogP contribution >= 0.6 is 0 Å². The molecular weight excluding hydrogens is 300 g/mol. The lowest BCUT2D eigenvalue weighted by molar-refractivity contribution is 0.153. The lowest BCUT2D eigenvalue weighted by Crippen LogP contribution is -2.29. The molecule has 2 aliphatic rings. The van der Waals surface area contributed by atoms with Crippen molar-refractivity contribution in [3.8, 4) is 0 Å². The Morgan fingerprint density at radius 2 is 1.72 bits per heavy atom. The Morgan fingerprint density at radius 1 is 1.00 bits per heavy atom. The second-order valence-corrected chi connectivity index (χ2v) is 10.2. The fourth-order valence-corrected chi connectivity index (χ4v) is 5.66. The Labute approximate surface area is 159 Å². The zero-order valence-corrected chi connectivity index (χ0v) is 18.2. The van der Waals surface area contributed by atoms with Crippen LogP contribution in [0.1, 0.15) is 106 Å². The fraction of sp³-hybridized carbons (Fsp3) is 0.920. The molecule has 0 spiro atoms. The van der Waals surface area contributed by atoms with Gasteiger partial charge < -0.3 is 0 Å². The lowest BCUT2D eigenvalue weighted by Gasteiger charge is -2.40. The van der Waals surface area contributed by atoms with E-state index >= 15 is 0 Å². The van der Waals surface area contributed by atoms with Crippen molar-refractivity contribution in [1.82, 2.24) is 0 Å². The molecule has 1 fully saturated rings. The summed E-state index contributed by atoms with van der Waals surface area (Å²) in [6, 6.07) is 0. The van der Waals surface area contributed by atoms with Crippen molar-refractivity contribution in [2.75, 3.05) is 0 Å². The first-order valence-corrected chi connectivity index (χ1v) is 11.6. The lowest BCUT2D eigenvalue weighted by atomic mass is 9.65. The summed E-state index contributed by atoms with van der Waals surface area (Å²) in [4.78, 5) is 0. The standard InChI is InChI=1S/C25H46/c1-7-10-23(18(2)3)17-21(6)20(5)15-19(4)16-24-13-14-25(24)22-11-8-9-12-22/h11,18-21,23-25H,7-10,12-17H2,1-6H3. The molecule has 0 radical (unpaired) electrons. The van der Waals surface area contributed by atoms with E-state index in [0.29, 0.717) is 0 Å². The number of rotatable bonds is 11. The van der Waals surface area contributed by atoms with Gasteiger partial charge in [0.25, 0.3) is 0 Å². The first kappa shape index (κ1) is 21.0. The van der Waals surface area contributed by atoms with Gasteiger partial charge in [0.1, 0.15) is 0 Å². The van der Waals surface area contributed by atoms with E-state index in [1.54, 1.807) is 0 Å². The molecule has 0 amide bonds. The first-order valence-electron chi connectivity index (χ1n) is 11.6. The molecule has 0 nitrogen and oxygen atoms in total. The molecule has 0 heterocycles. The predicted molar refractivity (Wildman–Crippen MR) is 113 cm³/mol. The molecule has 0 saturated heterocycles. The largest absolute Gasteiger partial charge is 0.0850 e. The molecule has 0 aromatic heterocycles. The smallest absolute Gasteiger partial charge is 0.0175 e. The van der Waals surface area contributed by atoms with Gasteiger partial charge in [0, 0.05) is 0 Å². The highest BCUT2D eigenvalue weighted by Gasteiger charge is 2.35. The van der Waals surface area contributed by atoms with Gasteiger partial charge in [-0.25, -0.2) is 0 Å². The van der Waals surface area contributed by atoms with Crippen LogP contribution in [-0.2, 0) is 0 Å². The summed E-state index contributed by atoms with van der Waals surface area (Å²) in [5, 5.41) is 0. The van der Waals surface area contributed by atoms with Gasteiger partial charge in [-0.2, -0.15) is 0 Å². The molecular formula is C25H46. The molecule has 6 atom stereocenters. The molecule has 2 rings (SSSR count). The van der Waals surface area contributed by atoms with Crippen molar-refractivity contribution in [3.63, 3.8) is 0 Å². The quantitative estimate of drug-likeness (QED) is 0.330. The maximum absolute atomic E-state index is 2.58. The van der Waals surface area contributed by atoms with Crippen molar-refractivity contribution in [2.45, 2.75) is 106 Å². The van der Waals surface area contributed by atoms with Gasteiger partial charge in [-0.3, -0.25) is 0 Å². The molecule has 0 N–H and O–H groups in total. The second kappa shape index (κ2) is 10.2. The number of allylic oxidation sites excluding steroid dienone is 2. The Bertz CT molecular complexity index is 404. The van der Waals surface area contributed by atoms with Crippen molar-refractivity contribution in [3.05, 3.63) is 11.6 Å². The van der Waals surface area contributed by atoms with Crippen LogP contribution in [0.2, 0.25) is 0 Å². The van der Waals surface area contributed by atoms with E-state index in [4.69, 9.17) is 0 Å². The van der Waals surface area contributed by atoms with E-state index in [-0.39, 0.29) is 0 Å². The summed E-state index contributed by atoms with van der Waals surface area (Å²) in [6.45, 7) is 14.8. The summed E-state index contributed by atoms with van der Waals surface area (Å²) < 4.78 is 0. The molecule has 0 heteroatoms. The molecule has 25 heavy (non-hydrogen) atoms. The third kappa shape index (κ3) is 6.14. The van der Waals surface area contributed by atoms with Crippen LogP contribution in [0, 0.1) is 41.4 Å². The zero-order chi connectivity index (χ0) is 18.4. The first-order chi connectivity index (χ1) is 11.9. The van der Waals surface area contributed by atoms with E-state index in [1.165, 1.54) is 64.2 Å². The predicted octanol–water partition coefficient (Wildman–Crippen LogP) is 8.27. The average molecular weight is 347 g/mol. The van der Waals surface area contributed by atoms with Gasteiger partial charge in [0.15, 0.2) is 0 Å². The summed E-state index contributed by atoms with van der Waals surface area (Å²) in [5.41, 5.74) is 1.84. The molecule has 0 bridgehead atoms. The van der Waals surface area contributed by atoms with Gasteiger partial charge in [0.2, 0.25) is 0 Å². The average Bonchev–Trinajstić information content (AvgIpc) is 3.04. The van der Waals surface area contributed by atoms with Crippen LogP contribution in [0.5, 0.6) is 0 Å². The van der Waals surface area contributed by atoms with Crippen LogP contribution in [0.15, 0.2) is 11.6 Å². The van der Waals surface area contributed by atoms with Gasteiger partial charge in [-0.05, 0) is 92.8 Å². The van der Waals surface area contributed by atoms with Crippen molar-refractivity contribution < 1.29 is 0 Å². The third-order valence-electron chi connectivity index (χ3n) is 7.70. The molecule has 2 aliphatic carbocycles. The molecule has 6 unspecified atom stereocenters. The van der Waals surface area contributed by atoms with Gasteiger partial charge in [0.05, 0.1) is 0 Å². The molecule has 0 aromatic carbocycles. The van der Waals surface area contributed by atoms with Crippen molar-refractivity contribution in [1.29, 1.82) is 0 Å². The molecule has 0 aromatic rings. The summed E-state index contributed by atoms with van der Waals surface area (Å²) in [6.07, 6.45) is 16.9. The summed E-state index contributed by atoms with van der Waals surface area (Å²) in [5.74, 6) is 6.47. The SMILES string of the molecule is CCCC(CC(C)C(C)CC(C)CC1CCC1C1=CCCC1)C(C)C. The van der Waals surface area contributed by atoms with Crippen LogP contribution < -0.4 is 0 Å². The van der Waals surface area contributed by atoms with Crippen LogP contribution in [0.3, 0.4) is 0 Å². The number of hydrogen-bond acceptors (Lipinski definition) is 0. The Kier molecular flexibility index (Phi) is 8.56.